The van der Waals surface area contributed by atoms with Crippen LogP contribution >= 0.6 is 0 Å². The van der Waals surface area contributed by atoms with E-state index < -0.39 is 0 Å². The normalized spacial score (nSPS) is 28.7. The van der Waals surface area contributed by atoms with Crippen LogP contribution in [0.25, 0.3) is 0 Å². The zero-order valence-corrected chi connectivity index (χ0v) is 4.64. The third-order valence-corrected chi connectivity index (χ3v) is 0.736. The first kappa shape index (κ1) is 5.03. The van der Waals surface area contributed by atoms with Gasteiger partial charge in [-0.2, -0.15) is 0 Å². The summed E-state index contributed by atoms with van der Waals surface area (Å²) in [7, 11) is 3.89. The van der Waals surface area contributed by atoms with E-state index >= 15 is 0 Å². The average Bonchev–Trinajstić information content (AvgIpc) is 2.17. The van der Waals surface area contributed by atoms with Crippen molar-refractivity contribution in [3.63, 3.8) is 0 Å². The molecular formula is C4H10N2O. The van der Waals surface area contributed by atoms with Crippen molar-refractivity contribution in [3.8, 4) is 0 Å². The third-order valence-electron chi connectivity index (χ3n) is 0.736. The molecule has 1 aliphatic heterocycles. The topological polar surface area (TPSA) is 27.8 Å². The van der Waals surface area contributed by atoms with Crippen LogP contribution in [0.1, 0.15) is 0 Å². The second-order valence-corrected chi connectivity index (χ2v) is 1.85. The summed E-state index contributed by atoms with van der Waals surface area (Å²) in [5, 5.41) is 1.89. The predicted molar refractivity (Wildman–Crippen MR) is 26.6 cm³/mol. The number of hydrazine groups is 1. The molecule has 3 nitrogen and oxygen atoms in total. The molecule has 0 saturated carbocycles. The summed E-state index contributed by atoms with van der Waals surface area (Å²) in [5.41, 5.74) is 3.03. The lowest BCUT2D eigenvalue weighted by Crippen LogP contribution is -2.32. The van der Waals surface area contributed by atoms with Gasteiger partial charge in [-0.15, -0.1) is 0 Å². The monoisotopic (exact) mass is 102 g/mol. The van der Waals surface area contributed by atoms with Crippen molar-refractivity contribution in [3.05, 3.63) is 0 Å². The van der Waals surface area contributed by atoms with Crippen molar-refractivity contribution in [2.45, 2.75) is 6.23 Å². The van der Waals surface area contributed by atoms with Gasteiger partial charge in [-0.25, -0.2) is 10.4 Å². The minimum atomic E-state index is 0.301. The van der Waals surface area contributed by atoms with E-state index in [-0.39, 0.29) is 0 Å². The van der Waals surface area contributed by atoms with Crippen molar-refractivity contribution in [1.82, 2.24) is 10.4 Å². The standard InChI is InChI=1S/C4H10N2O/c1-6(2)5-4-3-7-4/h4-5H,3H2,1-2H3. The summed E-state index contributed by atoms with van der Waals surface area (Å²) in [5.74, 6) is 0. The number of rotatable bonds is 2. The molecule has 1 aliphatic rings. The van der Waals surface area contributed by atoms with Crippen molar-refractivity contribution in [2.75, 3.05) is 20.7 Å². The highest BCUT2D eigenvalue weighted by atomic mass is 16.6. The largest absolute Gasteiger partial charge is 0.355 e. The molecule has 42 valence electrons. The predicted octanol–water partition coefficient (Wildman–Crippen LogP) is -0.591. The fourth-order valence-electron chi connectivity index (χ4n) is 0.411. The van der Waals surface area contributed by atoms with E-state index in [0.717, 1.165) is 6.61 Å². The molecule has 7 heavy (non-hydrogen) atoms. The smallest absolute Gasteiger partial charge is 0.144 e. The molecule has 1 heterocycles. The van der Waals surface area contributed by atoms with Gasteiger partial charge in [0.2, 0.25) is 0 Å². The number of ether oxygens (including phenoxy) is 1. The molecule has 0 aliphatic carbocycles. The van der Waals surface area contributed by atoms with Gasteiger partial charge < -0.3 is 4.74 Å². The SMILES string of the molecule is CN(C)NC1CO1. The minimum Gasteiger partial charge on any atom is -0.355 e. The minimum absolute atomic E-state index is 0.301. The first-order chi connectivity index (χ1) is 3.29. The zero-order valence-electron chi connectivity index (χ0n) is 4.64. The Labute approximate surface area is 43.2 Å². The van der Waals surface area contributed by atoms with E-state index in [4.69, 9.17) is 4.74 Å². The summed E-state index contributed by atoms with van der Waals surface area (Å²) < 4.78 is 4.87. The van der Waals surface area contributed by atoms with Crippen molar-refractivity contribution in [1.29, 1.82) is 0 Å². The van der Waals surface area contributed by atoms with Crippen molar-refractivity contribution >= 4 is 0 Å². The van der Waals surface area contributed by atoms with Gasteiger partial charge >= 0.3 is 0 Å². The summed E-state index contributed by atoms with van der Waals surface area (Å²) in [6, 6.07) is 0. The van der Waals surface area contributed by atoms with Crippen molar-refractivity contribution < 1.29 is 4.74 Å². The van der Waals surface area contributed by atoms with Crippen LogP contribution in [0, 0.1) is 0 Å². The molecule has 1 unspecified atom stereocenters. The van der Waals surface area contributed by atoms with E-state index in [2.05, 4.69) is 5.43 Å². The van der Waals surface area contributed by atoms with Crippen LogP contribution < -0.4 is 5.43 Å². The van der Waals surface area contributed by atoms with Crippen LogP contribution in [0.15, 0.2) is 0 Å². The maximum absolute atomic E-state index is 4.87. The molecule has 0 bridgehead atoms. The number of hydrogen-bond donors (Lipinski definition) is 1. The van der Waals surface area contributed by atoms with Crippen LogP contribution in [-0.4, -0.2) is 31.9 Å². The van der Waals surface area contributed by atoms with Gasteiger partial charge in [-0.1, -0.05) is 0 Å². The third kappa shape index (κ3) is 1.87. The first-order valence-electron chi connectivity index (χ1n) is 2.34. The zero-order chi connectivity index (χ0) is 5.28. The molecule has 0 aromatic carbocycles. The van der Waals surface area contributed by atoms with Gasteiger partial charge in [-0.3, -0.25) is 0 Å². The molecule has 1 N–H and O–H groups in total. The molecule has 0 aromatic rings. The Hall–Kier alpha value is -0.120. The molecule has 0 spiro atoms. The highest BCUT2D eigenvalue weighted by Crippen LogP contribution is 2.02. The molecule has 1 fully saturated rings. The lowest BCUT2D eigenvalue weighted by Gasteiger charge is -2.06. The maximum Gasteiger partial charge on any atom is 0.144 e. The van der Waals surface area contributed by atoms with Gasteiger partial charge in [0, 0.05) is 14.1 Å². The van der Waals surface area contributed by atoms with Gasteiger partial charge in [0.05, 0.1) is 6.61 Å². The molecule has 0 radical (unpaired) electrons. The average molecular weight is 102 g/mol. The highest BCUT2D eigenvalue weighted by molar-refractivity contribution is 4.61. The number of epoxide rings is 1. The van der Waals surface area contributed by atoms with Crippen LogP contribution in [-0.2, 0) is 4.74 Å². The molecular weight excluding hydrogens is 92.1 g/mol. The number of hydrogen-bond acceptors (Lipinski definition) is 3. The number of nitrogens with one attached hydrogen (secondary N) is 1. The van der Waals surface area contributed by atoms with E-state index in [1.807, 2.05) is 19.1 Å². The molecule has 1 atom stereocenters. The van der Waals surface area contributed by atoms with Crippen molar-refractivity contribution in [2.24, 2.45) is 0 Å². The van der Waals surface area contributed by atoms with Gasteiger partial charge in [-0.05, 0) is 0 Å². The Bertz CT molecular complexity index is 60.7. The molecule has 0 amide bonds. The summed E-state index contributed by atoms with van der Waals surface area (Å²) in [6.45, 7) is 0.859. The van der Waals surface area contributed by atoms with Crippen LogP contribution in [0.5, 0.6) is 0 Å². The Morgan fingerprint density at radius 3 is 2.43 bits per heavy atom. The molecule has 3 heteroatoms. The lowest BCUT2D eigenvalue weighted by atomic mass is 10.8. The Kier molecular flexibility index (Phi) is 1.27. The van der Waals surface area contributed by atoms with Gasteiger partial charge in [0.15, 0.2) is 0 Å². The fraction of sp³-hybridized carbons (Fsp3) is 1.00. The summed E-state index contributed by atoms with van der Waals surface area (Å²) >= 11 is 0. The lowest BCUT2D eigenvalue weighted by molar-refractivity contribution is 0.221. The van der Waals surface area contributed by atoms with E-state index in [1.54, 1.807) is 0 Å². The van der Waals surface area contributed by atoms with E-state index in [1.165, 1.54) is 0 Å². The maximum atomic E-state index is 4.87. The van der Waals surface area contributed by atoms with Crippen LogP contribution in [0.4, 0.5) is 0 Å². The van der Waals surface area contributed by atoms with E-state index in [0.29, 0.717) is 6.23 Å². The second-order valence-electron chi connectivity index (χ2n) is 1.85. The summed E-state index contributed by atoms with van der Waals surface area (Å²) in [6.07, 6.45) is 0.301. The molecule has 1 rings (SSSR count). The first-order valence-corrected chi connectivity index (χ1v) is 2.34. The quantitative estimate of drug-likeness (QED) is 0.373. The van der Waals surface area contributed by atoms with Gasteiger partial charge in [0.25, 0.3) is 0 Å². The molecule has 0 aromatic heterocycles. The van der Waals surface area contributed by atoms with Crippen LogP contribution in [0.2, 0.25) is 0 Å². The second kappa shape index (κ2) is 1.78. The Balaban J connectivity index is 1.97. The van der Waals surface area contributed by atoms with Crippen LogP contribution in [0.3, 0.4) is 0 Å². The van der Waals surface area contributed by atoms with E-state index in [9.17, 15) is 0 Å². The number of nitrogens with zero attached hydrogens (tertiary/aromatic N) is 1. The highest BCUT2D eigenvalue weighted by Gasteiger charge is 2.21. The van der Waals surface area contributed by atoms with Gasteiger partial charge in [0.1, 0.15) is 6.23 Å². The molecule has 1 saturated heterocycles. The Morgan fingerprint density at radius 1 is 1.71 bits per heavy atom. The fourth-order valence-corrected chi connectivity index (χ4v) is 0.411. The summed E-state index contributed by atoms with van der Waals surface area (Å²) in [4.78, 5) is 0. The Morgan fingerprint density at radius 2 is 2.29 bits per heavy atom.